The van der Waals surface area contributed by atoms with Gasteiger partial charge in [-0.05, 0) is 26.5 Å². The van der Waals surface area contributed by atoms with Gasteiger partial charge in [-0.25, -0.2) is 4.39 Å². The second-order valence-electron chi connectivity index (χ2n) is 5.49. The van der Waals surface area contributed by atoms with Crippen LogP contribution in [0.15, 0.2) is 24.3 Å². The van der Waals surface area contributed by atoms with Crippen molar-refractivity contribution in [1.29, 1.82) is 0 Å². The summed E-state index contributed by atoms with van der Waals surface area (Å²) in [6.45, 7) is 1.66. The highest BCUT2D eigenvalue weighted by atomic mass is 19.1. The maximum absolute atomic E-state index is 14.0. The molecule has 1 aromatic rings. The van der Waals surface area contributed by atoms with Gasteiger partial charge in [0.1, 0.15) is 11.4 Å². The Morgan fingerprint density at radius 1 is 1.55 bits per heavy atom. The Morgan fingerprint density at radius 3 is 2.75 bits per heavy atom. The largest absolute Gasteiger partial charge is 0.468 e. The van der Waals surface area contributed by atoms with Gasteiger partial charge in [0.2, 0.25) is 0 Å². The van der Waals surface area contributed by atoms with E-state index in [1.54, 1.807) is 37.1 Å². The van der Waals surface area contributed by atoms with Gasteiger partial charge in [-0.15, -0.1) is 0 Å². The average molecular weight is 281 g/mol. The van der Waals surface area contributed by atoms with Crippen molar-refractivity contribution in [1.82, 2.24) is 4.90 Å². The fraction of sp³-hybridized carbons (Fsp3) is 0.533. The monoisotopic (exact) mass is 281 g/mol. The van der Waals surface area contributed by atoms with Crippen molar-refractivity contribution in [2.24, 2.45) is 5.92 Å². The molecule has 5 heteroatoms. The van der Waals surface area contributed by atoms with E-state index in [9.17, 15) is 14.3 Å². The summed E-state index contributed by atoms with van der Waals surface area (Å²) >= 11 is 0. The minimum absolute atomic E-state index is 0.101. The Balaban J connectivity index is 2.43. The van der Waals surface area contributed by atoms with Crippen LogP contribution in [0.25, 0.3) is 0 Å². The molecule has 4 nitrogen and oxygen atoms in total. The Kier molecular flexibility index (Phi) is 4.11. The lowest BCUT2D eigenvalue weighted by molar-refractivity contribution is -0.152. The lowest BCUT2D eigenvalue weighted by Crippen LogP contribution is -2.47. The van der Waals surface area contributed by atoms with E-state index in [1.807, 2.05) is 0 Å². The number of nitrogens with zero attached hydrogens (tertiary/aromatic N) is 1. The Morgan fingerprint density at radius 2 is 2.20 bits per heavy atom. The molecule has 1 aliphatic heterocycles. The summed E-state index contributed by atoms with van der Waals surface area (Å²) < 4.78 is 18.9. The van der Waals surface area contributed by atoms with Gasteiger partial charge in [-0.3, -0.25) is 9.69 Å². The Hall–Kier alpha value is -1.46. The maximum Gasteiger partial charge on any atom is 0.326 e. The highest BCUT2D eigenvalue weighted by Crippen LogP contribution is 2.46. The second kappa shape index (κ2) is 5.50. The van der Waals surface area contributed by atoms with Crippen molar-refractivity contribution in [2.45, 2.75) is 24.9 Å². The van der Waals surface area contributed by atoms with Crippen molar-refractivity contribution in [3.8, 4) is 0 Å². The fourth-order valence-corrected chi connectivity index (χ4v) is 3.18. The lowest BCUT2D eigenvalue weighted by Gasteiger charge is -2.33. The zero-order valence-corrected chi connectivity index (χ0v) is 12.0. The van der Waals surface area contributed by atoms with Crippen LogP contribution >= 0.6 is 0 Å². The molecule has 0 radical (unpaired) electrons. The van der Waals surface area contributed by atoms with Gasteiger partial charge in [0.05, 0.1) is 7.11 Å². The van der Waals surface area contributed by atoms with Gasteiger partial charge < -0.3 is 9.84 Å². The smallest absolute Gasteiger partial charge is 0.326 e. The molecule has 2 rings (SSSR count). The van der Waals surface area contributed by atoms with E-state index in [4.69, 9.17) is 4.74 Å². The Bertz CT molecular complexity index is 508. The van der Waals surface area contributed by atoms with E-state index in [2.05, 4.69) is 0 Å². The third-order valence-electron chi connectivity index (χ3n) is 4.39. The highest BCUT2D eigenvalue weighted by molar-refractivity contribution is 5.80. The first-order valence-corrected chi connectivity index (χ1v) is 6.62. The van der Waals surface area contributed by atoms with Crippen LogP contribution in [0.2, 0.25) is 0 Å². The number of esters is 1. The van der Waals surface area contributed by atoms with Crippen LogP contribution in [0.3, 0.4) is 0 Å². The molecule has 1 fully saturated rings. The molecule has 3 atom stereocenters. The van der Waals surface area contributed by atoms with Crippen LogP contribution in [0.5, 0.6) is 0 Å². The van der Waals surface area contributed by atoms with Gasteiger partial charge in [0, 0.05) is 24.1 Å². The zero-order valence-electron chi connectivity index (χ0n) is 12.0. The molecule has 0 bridgehead atoms. The maximum atomic E-state index is 14.0. The molecule has 1 saturated heterocycles. The van der Waals surface area contributed by atoms with Crippen LogP contribution in [0, 0.1) is 11.7 Å². The lowest BCUT2D eigenvalue weighted by atomic mass is 9.90. The molecule has 1 N–H and O–H groups in total. The predicted molar refractivity (Wildman–Crippen MR) is 72.5 cm³/mol. The van der Waals surface area contributed by atoms with E-state index in [0.29, 0.717) is 12.0 Å². The third kappa shape index (κ3) is 2.21. The molecular weight excluding hydrogens is 261 g/mol. The predicted octanol–water partition coefficient (Wildman–Crippen LogP) is 1.74. The normalized spacial score (nSPS) is 30.4. The van der Waals surface area contributed by atoms with Crippen molar-refractivity contribution < 1.29 is 19.0 Å². The van der Waals surface area contributed by atoms with E-state index in [1.165, 1.54) is 13.2 Å². The molecule has 1 heterocycles. The van der Waals surface area contributed by atoms with Crippen LogP contribution in [-0.2, 0) is 9.53 Å². The molecule has 0 aliphatic carbocycles. The molecule has 0 amide bonds. The number of halogens is 1. The standard InChI is InChI=1S/C15H20FNO3/c1-15(14(19)20-3)8-10(9-18)13(17(15)2)11-6-4-5-7-12(11)16/h4-7,10,13,18H,8-9H2,1-3H3/t10-,13-,15+/m1/s1. The number of aliphatic hydroxyl groups excluding tert-OH is 1. The number of ether oxygens (including phenoxy) is 1. The zero-order chi connectivity index (χ0) is 14.9. The van der Waals surface area contributed by atoms with Crippen molar-refractivity contribution in [2.75, 3.05) is 20.8 Å². The number of benzene rings is 1. The molecule has 0 saturated carbocycles. The number of likely N-dealkylation sites (N-methyl/N-ethyl adjacent to an activating group) is 1. The summed E-state index contributed by atoms with van der Waals surface area (Å²) in [6, 6.07) is 6.13. The summed E-state index contributed by atoms with van der Waals surface area (Å²) in [6.07, 6.45) is 0.436. The van der Waals surface area contributed by atoms with E-state index in [0.717, 1.165) is 0 Å². The minimum Gasteiger partial charge on any atom is -0.468 e. The molecule has 0 unspecified atom stereocenters. The van der Waals surface area contributed by atoms with Crippen LogP contribution in [-0.4, -0.2) is 42.3 Å². The molecule has 1 aromatic carbocycles. The summed E-state index contributed by atoms with van der Waals surface area (Å²) in [5, 5.41) is 9.59. The fourth-order valence-electron chi connectivity index (χ4n) is 3.18. The first kappa shape index (κ1) is 14.9. The van der Waals surface area contributed by atoms with Gasteiger partial charge in [-0.2, -0.15) is 0 Å². The molecule has 110 valence electrons. The van der Waals surface area contributed by atoms with E-state index in [-0.39, 0.29) is 30.4 Å². The number of carbonyl (C=O) groups excluding carboxylic acids is 1. The minimum atomic E-state index is -0.852. The number of carbonyl (C=O) groups is 1. The van der Waals surface area contributed by atoms with Gasteiger partial charge in [0.25, 0.3) is 0 Å². The quantitative estimate of drug-likeness (QED) is 0.858. The Labute approximate surface area is 118 Å². The average Bonchev–Trinajstić information content (AvgIpc) is 2.72. The molecule has 0 aromatic heterocycles. The van der Waals surface area contributed by atoms with Crippen LogP contribution in [0.1, 0.15) is 24.9 Å². The van der Waals surface area contributed by atoms with E-state index < -0.39 is 5.54 Å². The molecule has 1 aliphatic rings. The number of hydrogen-bond acceptors (Lipinski definition) is 4. The summed E-state index contributed by atoms with van der Waals surface area (Å²) in [5.74, 6) is -0.893. The number of rotatable bonds is 3. The first-order chi connectivity index (χ1) is 9.45. The van der Waals surface area contributed by atoms with Crippen molar-refractivity contribution in [3.05, 3.63) is 35.6 Å². The molecule has 20 heavy (non-hydrogen) atoms. The second-order valence-corrected chi connectivity index (χ2v) is 5.49. The highest BCUT2D eigenvalue weighted by Gasteiger charge is 2.52. The van der Waals surface area contributed by atoms with Gasteiger partial charge in [0.15, 0.2) is 0 Å². The van der Waals surface area contributed by atoms with Gasteiger partial charge in [-0.1, -0.05) is 18.2 Å². The summed E-state index contributed by atoms with van der Waals surface area (Å²) in [4.78, 5) is 13.8. The van der Waals surface area contributed by atoms with E-state index >= 15 is 0 Å². The number of hydrogen-bond donors (Lipinski definition) is 1. The molecule has 0 spiro atoms. The summed E-state index contributed by atoms with van der Waals surface area (Å²) in [7, 11) is 3.11. The van der Waals surface area contributed by atoms with Crippen LogP contribution in [0.4, 0.5) is 4.39 Å². The van der Waals surface area contributed by atoms with Crippen molar-refractivity contribution >= 4 is 5.97 Å². The van der Waals surface area contributed by atoms with Crippen molar-refractivity contribution in [3.63, 3.8) is 0 Å². The summed E-state index contributed by atoms with van der Waals surface area (Å²) in [5.41, 5.74) is -0.351. The third-order valence-corrected chi connectivity index (χ3v) is 4.39. The number of likely N-dealkylation sites (tertiary alicyclic amines) is 1. The number of aliphatic hydroxyl groups is 1. The first-order valence-electron chi connectivity index (χ1n) is 6.62. The SMILES string of the molecule is COC(=O)[C@]1(C)C[C@H](CO)[C@H](c2ccccc2F)N1C. The van der Waals surface area contributed by atoms with Crippen LogP contribution < -0.4 is 0 Å². The number of methoxy groups -OCH3 is 1. The molecular formula is C15H20FNO3. The topological polar surface area (TPSA) is 49.8 Å². The van der Waals surface area contributed by atoms with Gasteiger partial charge >= 0.3 is 5.97 Å².